The summed E-state index contributed by atoms with van der Waals surface area (Å²) < 4.78 is 0. The van der Waals surface area contributed by atoms with Crippen molar-refractivity contribution < 1.29 is 9.59 Å². The number of hydrogen-bond donors (Lipinski definition) is 1. The van der Waals surface area contributed by atoms with Crippen LogP contribution in [-0.2, 0) is 16.0 Å². The number of nitrogens with zero attached hydrogens (tertiary/aromatic N) is 3. The number of hydrazine groups is 1. The summed E-state index contributed by atoms with van der Waals surface area (Å²) in [5, 5.41) is 3.92. The molecule has 0 radical (unpaired) electrons. The van der Waals surface area contributed by atoms with Crippen LogP contribution in [0.15, 0.2) is 71.3 Å². The first kappa shape index (κ1) is 20.3. The second-order valence-corrected chi connectivity index (χ2v) is 6.77. The monoisotopic (exact) mass is 390 g/mol. The third-order valence-electron chi connectivity index (χ3n) is 4.96. The maximum absolute atomic E-state index is 12.8. The van der Waals surface area contributed by atoms with Crippen LogP contribution < -0.4 is 10.9 Å². The molecule has 7 heteroatoms. The molecule has 1 aromatic carbocycles. The van der Waals surface area contributed by atoms with Gasteiger partial charge >= 0.3 is 0 Å². The summed E-state index contributed by atoms with van der Waals surface area (Å²) in [6.07, 6.45) is 7.98. The highest BCUT2D eigenvalue weighted by molar-refractivity contribution is 6.04. The number of carbonyl (C=O) groups excluding carboxylic acids is 2. The molecule has 7 nitrogen and oxygen atoms in total. The SMILES string of the molecule is CCc1cnccc1/C=C(/C1=CCC(C(=O)N=O)CC1=O)N(N)c1ccccc1. The first-order valence-corrected chi connectivity index (χ1v) is 9.40. The van der Waals surface area contributed by atoms with Crippen LogP contribution in [-0.4, -0.2) is 16.7 Å². The molecule has 1 heterocycles. The van der Waals surface area contributed by atoms with Gasteiger partial charge in [-0.15, -0.1) is 4.91 Å². The zero-order valence-electron chi connectivity index (χ0n) is 16.1. The molecule has 0 saturated carbocycles. The van der Waals surface area contributed by atoms with E-state index in [0.717, 1.165) is 17.5 Å². The number of benzene rings is 1. The van der Waals surface area contributed by atoms with Gasteiger partial charge in [-0.05, 0) is 48.2 Å². The number of rotatable bonds is 6. The van der Waals surface area contributed by atoms with E-state index in [4.69, 9.17) is 5.84 Å². The van der Waals surface area contributed by atoms with Crippen molar-refractivity contribution in [1.29, 1.82) is 0 Å². The number of carbonyl (C=O) groups is 2. The van der Waals surface area contributed by atoms with Crippen molar-refractivity contribution in [2.45, 2.75) is 26.2 Å². The molecule has 3 rings (SSSR count). The number of hydrogen-bond acceptors (Lipinski definition) is 6. The lowest BCUT2D eigenvalue weighted by Gasteiger charge is -2.27. The van der Waals surface area contributed by atoms with Crippen LogP contribution in [0.4, 0.5) is 5.69 Å². The lowest BCUT2D eigenvalue weighted by Crippen LogP contribution is -2.34. The first-order valence-electron chi connectivity index (χ1n) is 9.40. The third-order valence-corrected chi connectivity index (χ3v) is 4.96. The maximum Gasteiger partial charge on any atom is 0.290 e. The van der Waals surface area contributed by atoms with Gasteiger partial charge in [0.2, 0.25) is 0 Å². The van der Waals surface area contributed by atoms with E-state index in [1.165, 1.54) is 5.01 Å². The molecule has 1 amide bonds. The molecule has 2 aromatic rings. The first-order chi connectivity index (χ1) is 14.0. The topological polar surface area (TPSA) is 106 Å². The van der Waals surface area contributed by atoms with Gasteiger partial charge in [0, 0.05) is 29.6 Å². The summed E-state index contributed by atoms with van der Waals surface area (Å²) in [7, 11) is 0. The van der Waals surface area contributed by atoms with E-state index in [1.54, 1.807) is 18.5 Å². The minimum absolute atomic E-state index is 0.0621. The van der Waals surface area contributed by atoms with Crippen LogP contribution >= 0.6 is 0 Å². The number of Topliss-reactive ketones (excluding diaryl/α,β-unsaturated/α-hetero) is 1. The van der Waals surface area contributed by atoms with Crippen molar-refractivity contribution in [3.63, 3.8) is 0 Å². The lowest BCUT2D eigenvalue weighted by molar-refractivity contribution is -0.126. The van der Waals surface area contributed by atoms with E-state index >= 15 is 0 Å². The highest BCUT2D eigenvalue weighted by atomic mass is 16.3. The largest absolute Gasteiger partial charge is 0.294 e. The molecule has 1 unspecified atom stereocenters. The van der Waals surface area contributed by atoms with Crippen molar-refractivity contribution in [1.82, 2.24) is 4.98 Å². The van der Waals surface area contributed by atoms with Crippen molar-refractivity contribution >= 4 is 23.5 Å². The fourth-order valence-corrected chi connectivity index (χ4v) is 3.33. The van der Waals surface area contributed by atoms with Gasteiger partial charge in [-0.1, -0.05) is 31.2 Å². The number of anilines is 1. The van der Waals surface area contributed by atoms with Crippen LogP contribution in [0.5, 0.6) is 0 Å². The molecule has 2 N–H and O–H groups in total. The predicted molar refractivity (Wildman–Crippen MR) is 111 cm³/mol. The van der Waals surface area contributed by atoms with Crippen molar-refractivity contribution in [2.24, 2.45) is 16.9 Å². The Balaban J connectivity index is 2.07. The summed E-state index contributed by atoms with van der Waals surface area (Å²) in [5.74, 6) is 4.66. The summed E-state index contributed by atoms with van der Waals surface area (Å²) in [5.41, 5.74) is 3.59. The average molecular weight is 390 g/mol. The number of allylic oxidation sites excluding steroid dienone is 2. The van der Waals surface area contributed by atoms with Gasteiger partial charge in [0.25, 0.3) is 5.91 Å². The van der Waals surface area contributed by atoms with Crippen LogP contribution in [0.1, 0.15) is 30.9 Å². The normalized spacial score (nSPS) is 16.9. The van der Waals surface area contributed by atoms with Gasteiger partial charge in [0.1, 0.15) is 0 Å². The van der Waals surface area contributed by atoms with Gasteiger partial charge in [-0.2, -0.15) is 0 Å². The van der Waals surface area contributed by atoms with Crippen molar-refractivity contribution in [2.75, 3.05) is 5.01 Å². The molecule has 0 saturated heterocycles. The minimum Gasteiger partial charge on any atom is -0.294 e. The summed E-state index contributed by atoms with van der Waals surface area (Å²) in [6, 6.07) is 11.2. The van der Waals surface area contributed by atoms with Crippen LogP contribution in [0, 0.1) is 10.8 Å². The average Bonchev–Trinajstić information content (AvgIpc) is 2.77. The Kier molecular flexibility index (Phi) is 6.41. The zero-order valence-corrected chi connectivity index (χ0v) is 16.1. The third kappa shape index (κ3) is 4.52. The molecule has 1 aliphatic carbocycles. The molecule has 148 valence electrons. The molecule has 1 aromatic heterocycles. The molecule has 0 bridgehead atoms. The standard InChI is InChI=1S/C22H22N4O3/c1-2-15-14-24-11-10-16(15)12-20(26(23)18-6-4-3-5-7-18)19-9-8-17(13-21(19)27)22(28)25-29/h3-7,9-12,14,17H,2,8,13,23H2,1H3/b20-12-. The molecular weight excluding hydrogens is 368 g/mol. The van der Waals surface area contributed by atoms with E-state index < -0.39 is 11.8 Å². The quantitative estimate of drug-likeness (QED) is 0.459. The second-order valence-electron chi connectivity index (χ2n) is 6.77. The smallest absolute Gasteiger partial charge is 0.290 e. The van der Waals surface area contributed by atoms with E-state index in [2.05, 4.69) is 10.2 Å². The van der Waals surface area contributed by atoms with Gasteiger partial charge in [-0.3, -0.25) is 19.6 Å². The molecule has 0 spiro atoms. The fourth-order valence-electron chi connectivity index (χ4n) is 3.33. The number of pyridine rings is 1. The zero-order chi connectivity index (χ0) is 20.8. The molecule has 1 aliphatic rings. The Morgan fingerprint density at radius 1 is 1.31 bits per heavy atom. The number of ketones is 1. The van der Waals surface area contributed by atoms with E-state index in [-0.39, 0.29) is 18.6 Å². The van der Waals surface area contributed by atoms with E-state index in [1.807, 2.05) is 49.4 Å². The number of aromatic nitrogens is 1. The van der Waals surface area contributed by atoms with Crippen molar-refractivity contribution in [3.8, 4) is 0 Å². The van der Waals surface area contributed by atoms with Gasteiger partial charge in [0.15, 0.2) is 5.78 Å². The molecular formula is C22H22N4O3. The van der Waals surface area contributed by atoms with E-state index in [0.29, 0.717) is 17.0 Å². The summed E-state index contributed by atoms with van der Waals surface area (Å²) >= 11 is 0. The number of aryl methyl sites for hydroxylation is 1. The summed E-state index contributed by atoms with van der Waals surface area (Å²) in [4.78, 5) is 39.2. The van der Waals surface area contributed by atoms with Crippen LogP contribution in [0.3, 0.4) is 0 Å². The Bertz CT molecular complexity index is 983. The van der Waals surface area contributed by atoms with E-state index in [9.17, 15) is 14.5 Å². The van der Waals surface area contributed by atoms with Crippen molar-refractivity contribution in [3.05, 3.63) is 82.2 Å². The van der Waals surface area contributed by atoms with Crippen LogP contribution in [0.2, 0.25) is 0 Å². The number of amides is 1. The predicted octanol–water partition coefficient (Wildman–Crippen LogP) is 3.56. The lowest BCUT2D eigenvalue weighted by atomic mass is 9.86. The molecule has 0 aliphatic heterocycles. The Hall–Kier alpha value is -3.45. The second kappa shape index (κ2) is 9.16. The molecule has 1 atom stereocenters. The minimum atomic E-state index is -0.797. The Labute approximate surface area is 168 Å². The number of nitroso groups, excluding NO2 is 1. The van der Waals surface area contributed by atoms with Gasteiger partial charge < -0.3 is 0 Å². The number of nitrogens with two attached hydrogens (primary N) is 1. The Morgan fingerprint density at radius 2 is 2.07 bits per heavy atom. The fraction of sp³-hybridized carbons (Fsp3) is 0.227. The molecule has 29 heavy (non-hydrogen) atoms. The summed E-state index contributed by atoms with van der Waals surface area (Å²) in [6.45, 7) is 2.03. The van der Waals surface area contributed by atoms with Gasteiger partial charge in [-0.25, -0.2) is 5.84 Å². The maximum atomic E-state index is 12.8. The highest BCUT2D eigenvalue weighted by Crippen LogP contribution is 2.31. The number of para-hydroxylation sites is 1. The van der Waals surface area contributed by atoms with Gasteiger partial charge in [0.05, 0.1) is 17.3 Å². The molecule has 0 fully saturated rings. The Morgan fingerprint density at radius 3 is 2.72 bits per heavy atom. The van der Waals surface area contributed by atoms with Crippen LogP contribution in [0.25, 0.3) is 6.08 Å². The highest BCUT2D eigenvalue weighted by Gasteiger charge is 2.30.